The molecule has 0 atom stereocenters. The molecule has 0 amide bonds. The van der Waals surface area contributed by atoms with Gasteiger partial charge in [0, 0.05) is 0 Å². The van der Waals surface area contributed by atoms with Crippen LogP contribution >= 0.6 is 0 Å². The van der Waals surface area contributed by atoms with Crippen LogP contribution in [0.1, 0.15) is 24.0 Å². The van der Waals surface area contributed by atoms with Crippen LogP contribution < -0.4 is 47.6 Å². The molecule has 0 unspecified atom stereocenters. The molecule has 1 fully saturated rings. The van der Waals surface area contributed by atoms with Crippen molar-refractivity contribution in [2.75, 3.05) is 0 Å². The van der Waals surface area contributed by atoms with Crippen molar-refractivity contribution in [2.24, 2.45) is 0 Å². The Hall–Kier alpha value is -0.409. The van der Waals surface area contributed by atoms with Gasteiger partial charge in [-0.05, 0) is 0 Å². The number of rotatable bonds is 4. The molecule has 4 rings (SSSR count). The Kier molecular flexibility index (Phi) is 12.0. The first-order valence-electron chi connectivity index (χ1n) is 8.72. The van der Waals surface area contributed by atoms with Gasteiger partial charge < -0.3 is 37.2 Å². The summed E-state index contributed by atoms with van der Waals surface area (Å²) in [6, 6.07) is 32.3. The summed E-state index contributed by atoms with van der Waals surface area (Å²) in [5.74, 6) is 0. The van der Waals surface area contributed by atoms with Gasteiger partial charge in [0.15, 0.2) is 0 Å². The molecule has 1 heterocycles. The zero-order chi connectivity index (χ0) is 15.5. The molecule has 0 aliphatic carbocycles. The molecule has 1 aliphatic rings. The Balaban J connectivity index is 0.00000169. The molecule has 0 spiro atoms. The first-order chi connectivity index (χ1) is 11.4. The normalized spacial score (nSPS) is 14.1. The molecule has 0 radical (unpaired) electrons. The minimum Gasteiger partial charge on any atom is -1.00 e. The van der Waals surface area contributed by atoms with Crippen LogP contribution in [0.25, 0.3) is 0 Å². The topological polar surface area (TPSA) is 0 Å². The maximum absolute atomic E-state index is 2.51. The Bertz CT molecular complexity index is 769. The first-order valence-corrected chi connectivity index (χ1v) is 11.1. The Morgan fingerprint density at radius 2 is 1.26 bits per heavy atom. The van der Waals surface area contributed by atoms with Gasteiger partial charge in [-0.25, -0.2) is 6.07 Å². The average molecular weight is 470 g/mol. The summed E-state index contributed by atoms with van der Waals surface area (Å²) in [7, 11) is -1.48. The first kappa shape index (κ1) is 26.6. The molecular weight excluding hydrogens is 447 g/mol. The van der Waals surface area contributed by atoms with Gasteiger partial charge in [0.25, 0.3) is 0 Å². The predicted octanol–water partition coefficient (Wildman–Crippen LogP) is -4.64. The monoisotopic (exact) mass is 468 g/mol. The van der Waals surface area contributed by atoms with E-state index in [1.807, 2.05) is 0 Å². The molecule has 5 heteroatoms. The molecular formula is C22H23Cl3SiTi. The van der Waals surface area contributed by atoms with Gasteiger partial charge in [0.2, 0.25) is 0 Å². The van der Waals surface area contributed by atoms with E-state index in [2.05, 4.69) is 78.9 Å². The molecule has 140 valence electrons. The van der Waals surface area contributed by atoms with Crippen molar-refractivity contribution in [3.63, 3.8) is 0 Å². The zero-order valence-corrected chi connectivity index (χ0v) is 20.0. The maximum atomic E-state index is 2.51. The van der Waals surface area contributed by atoms with Gasteiger partial charge in [-0.1, -0.05) is 103 Å². The van der Waals surface area contributed by atoms with Crippen molar-refractivity contribution >= 4 is 18.4 Å². The molecule has 0 aromatic heterocycles. The van der Waals surface area contributed by atoms with Crippen LogP contribution in [0, 0.1) is 0 Å². The van der Waals surface area contributed by atoms with Gasteiger partial charge in [-0.3, -0.25) is 0 Å². The van der Waals surface area contributed by atoms with Crippen LogP contribution in [0.5, 0.6) is 0 Å². The van der Waals surface area contributed by atoms with Crippen LogP contribution in [0.15, 0.2) is 78.9 Å². The van der Waals surface area contributed by atoms with Crippen LogP contribution in [-0.4, -0.2) is 8.07 Å². The van der Waals surface area contributed by atoms with Crippen LogP contribution in [-0.2, 0) is 28.1 Å². The molecule has 0 N–H and O–H groups in total. The minimum absolute atomic E-state index is 0. The number of hydrogen-bond donors (Lipinski definition) is 0. The Labute approximate surface area is 197 Å². The summed E-state index contributed by atoms with van der Waals surface area (Å²) in [5.41, 5.74) is 2.88. The molecule has 27 heavy (non-hydrogen) atoms. The summed E-state index contributed by atoms with van der Waals surface area (Å²) in [6.07, 6.45) is 3.86. The SMILES string of the molecule is [Cl-].[Cl-].[Cl-].[Ti+4].c1ccc(Cc2cc[c-]([Si]3(c4ccccc4)CCCC3)c2)cc1. The fourth-order valence-electron chi connectivity index (χ4n) is 4.21. The molecule has 0 saturated carbocycles. The van der Waals surface area contributed by atoms with E-state index in [1.165, 1.54) is 36.1 Å². The van der Waals surface area contributed by atoms with Gasteiger partial charge in [-0.2, -0.15) is 22.9 Å². The maximum Gasteiger partial charge on any atom is 4.00 e. The summed E-state index contributed by atoms with van der Waals surface area (Å²) in [5, 5.41) is 3.29. The standard InChI is InChI=1S/C22H23Si.3ClH.Ti/c1-3-9-19(10-4-1)17-20-13-14-22(18-20)23(15-7-8-16-23)21-11-5-2-6-12-21;;;;/h1-6,9-14,18H,7-8,15-17H2;3*1H;/q-1;;;;+4/p-3. The van der Waals surface area contributed by atoms with Gasteiger partial charge in [-0.15, -0.1) is 0 Å². The third-order valence-corrected chi connectivity index (χ3v) is 10.7. The Morgan fingerprint density at radius 1 is 0.704 bits per heavy atom. The van der Waals surface area contributed by atoms with E-state index in [-0.39, 0.29) is 58.9 Å². The second kappa shape index (κ2) is 12.2. The van der Waals surface area contributed by atoms with Crippen molar-refractivity contribution in [3.05, 3.63) is 90.0 Å². The van der Waals surface area contributed by atoms with E-state index in [0.29, 0.717) is 0 Å². The van der Waals surface area contributed by atoms with E-state index in [9.17, 15) is 0 Å². The molecule has 0 bridgehead atoms. The fourth-order valence-corrected chi connectivity index (χ4v) is 9.35. The summed E-state index contributed by atoms with van der Waals surface area (Å²) in [6.45, 7) is 0. The molecule has 0 nitrogen and oxygen atoms in total. The van der Waals surface area contributed by atoms with E-state index in [0.717, 1.165) is 6.42 Å². The summed E-state index contributed by atoms with van der Waals surface area (Å²) < 4.78 is 0. The number of benzene rings is 2. The van der Waals surface area contributed by atoms with Crippen molar-refractivity contribution in [2.45, 2.75) is 31.4 Å². The second-order valence-electron chi connectivity index (χ2n) is 6.83. The number of hydrogen-bond acceptors (Lipinski definition) is 0. The largest absolute Gasteiger partial charge is 4.00 e. The summed E-state index contributed by atoms with van der Waals surface area (Å²) >= 11 is 0. The van der Waals surface area contributed by atoms with E-state index < -0.39 is 8.07 Å². The number of halogens is 3. The fraction of sp³-hybridized carbons (Fsp3) is 0.227. The predicted molar refractivity (Wildman–Crippen MR) is 102 cm³/mol. The summed E-state index contributed by atoms with van der Waals surface area (Å²) in [4.78, 5) is 0. The third kappa shape index (κ3) is 5.79. The zero-order valence-electron chi connectivity index (χ0n) is 15.2. The molecule has 3 aromatic rings. The molecule has 1 aliphatic heterocycles. The molecule has 3 aromatic carbocycles. The van der Waals surface area contributed by atoms with Crippen molar-refractivity contribution in [3.8, 4) is 0 Å². The van der Waals surface area contributed by atoms with Crippen molar-refractivity contribution < 1.29 is 58.9 Å². The van der Waals surface area contributed by atoms with Crippen molar-refractivity contribution in [1.29, 1.82) is 0 Å². The third-order valence-electron chi connectivity index (χ3n) is 5.41. The van der Waals surface area contributed by atoms with Crippen LogP contribution in [0.3, 0.4) is 0 Å². The quantitative estimate of drug-likeness (QED) is 0.266. The Morgan fingerprint density at radius 3 is 1.85 bits per heavy atom. The van der Waals surface area contributed by atoms with E-state index in [4.69, 9.17) is 0 Å². The van der Waals surface area contributed by atoms with E-state index in [1.54, 1.807) is 10.4 Å². The average Bonchev–Trinajstić information content (AvgIpc) is 3.27. The molecule has 1 saturated heterocycles. The van der Waals surface area contributed by atoms with Crippen LogP contribution in [0.4, 0.5) is 0 Å². The van der Waals surface area contributed by atoms with Gasteiger partial charge in [0.05, 0.1) is 8.07 Å². The minimum atomic E-state index is -1.48. The van der Waals surface area contributed by atoms with E-state index >= 15 is 0 Å². The van der Waals surface area contributed by atoms with Crippen LogP contribution in [0.2, 0.25) is 12.1 Å². The van der Waals surface area contributed by atoms with Gasteiger partial charge >= 0.3 is 21.7 Å². The van der Waals surface area contributed by atoms with Crippen molar-refractivity contribution in [1.82, 2.24) is 0 Å². The smallest absolute Gasteiger partial charge is 1.00 e. The second-order valence-corrected chi connectivity index (χ2v) is 11.1. The van der Waals surface area contributed by atoms with Gasteiger partial charge in [0.1, 0.15) is 0 Å².